The highest BCUT2D eigenvalue weighted by Crippen LogP contribution is 2.26. The van der Waals surface area contributed by atoms with E-state index in [1.54, 1.807) is 4.57 Å². The van der Waals surface area contributed by atoms with Gasteiger partial charge in [-0.25, -0.2) is 4.57 Å². The number of aryl methyl sites for hydroxylation is 1. The minimum Gasteiger partial charge on any atom is -0.352 e. The number of carbonyl (C=O) groups is 1. The van der Waals surface area contributed by atoms with Gasteiger partial charge in [-0.05, 0) is 49.4 Å². The first-order valence-corrected chi connectivity index (χ1v) is 12.4. The van der Waals surface area contributed by atoms with Crippen molar-refractivity contribution in [2.45, 2.75) is 50.7 Å². The number of nitrogens with one attached hydrogen (secondary N) is 1. The van der Waals surface area contributed by atoms with Gasteiger partial charge in [-0.2, -0.15) is 0 Å². The number of hydrogen-bond donors (Lipinski definition) is 1. The normalized spacial score (nSPS) is 18.6. The van der Waals surface area contributed by atoms with E-state index in [1.165, 1.54) is 24.6 Å². The zero-order valence-corrected chi connectivity index (χ0v) is 19.6. The molecule has 2 heterocycles. The van der Waals surface area contributed by atoms with Crippen molar-refractivity contribution in [3.63, 3.8) is 0 Å². The van der Waals surface area contributed by atoms with E-state index in [-0.39, 0.29) is 23.3 Å². The van der Waals surface area contributed by atoms with Crippen molar-refractivity contribution in [2.24, 2.45) is 5.92 Å². The van der Waals surface area contributed by atoms with E-state index in [4.69, 9.17) is 0 Å². The lowest BCUT2D eigenvalue weighted by Gasteiger charge is -2.29. The summed E-state index contributed by atoms with van der Waals surface area (Å²) in [5.41, 5.74) is 2.33. The van der Waals surface area contributed by atoms with E-state index in [1.807, 2.05) is 59.9 Å². The standard InChI is InChI=1S/C25H27N5O2S/c1-16-9-3-6-12-19(16)26-22(31)15-33-25-28-27-24-29(20-13-7-4-10-17(20)2)23(32)18-11-5-8-14-21(18)30(24)25/h4-5,7-8,10-11,13-14,16,19H,3,6,9,12,15H2,1-2H3,(H,26,31). The molecule has 8 heteroatoms. The Bertz CT molecular complexity index is 1390. The van der Waals surface area contributed by atoms with E-state index < -0.39 is 0 Å². The molecule has 2 aromatic carbocycles. The van der Waals surface area contributed by atoms with E-state index in [2.05, 4.69) is 22.4 Å². The number of para-hydroxylation sites is 2. The maximum absolute atomic E-state index is 13.4. The molecular weight excluding hydrogens is 434 g/mol. The number of amides is 1. The minimum atomic E-state index is -0.139. The number of thioether (sulfide) groups is 1. The molecule has 1 aliphatic rings. The molecule has 2 unspecified atom stereocenters. The Hall–Kier alpha value is -3.13. The zero-order chi connectivity index (χ0) is 22.9. The molecule has 1 amide bonds. The maximum atomic E-state index is 13.4. The van der Waals surface area contributed by atoms with E-state index in [0.29, 0.717) is 22.2 Å². The molecule has 1 N–H and O–H groups in total. The Kier molecular flexibility index (Phi) is 5.93. The molecule has 7 nitrogen and oxygen atoms in total. The average molecular weight is 462 g/mol. The molecule has 1 fully saturated rings. The third kappa shape index (κ3) is 4.04. The van der Waals surface area contributed by atoms with Crippen LogP contribution in [0.2, 0.25) is 0 Å². The lowest BCUT2D eigenvalue weighted by Crippen LogP contribution is -2.41. The molecule has 5 rings (SSSR count). The highest BCUT2D eigenvalue weighted by Gasteiger charge is 2.24. The summed E-state index contributed by atoms with van der Waals surface area (Å²) in [6.45, 7) is 4.18. The van der Waals surface area contributed by atoms with Crippen LogP contribution in [0, 0.1) is 12.8 Å². The van der Waals surface area contributed by atoms with Gasteiger partial charge >= 0.3 is 0 Å². The van der Waals surface area contributed by atoms with Crippen molar-refractivity contribution >= 4 is 34.3 Å². The van der Waals surface area contributed by atoms with Crippen LogP contribution >= 0.6 is 11.8 Å². The fourth-order valence-electron chi connectivity index (χ4n) is 4.71. The first-order chi connectivity index (χ1) is 16.0. The van der Waals surface area contributed by atoms with Gasteiger partial charge in [0.05, 0.1) is 22.3 Å². The lowest BCUT2D eigenvalue weighted by molar-refractivity contribution is -0.119. The van der Waals surface area contributed by atoms with Crippen LogP contribution < -0.4 is 10.9 Å². The average Bonchev–Trinajstić information content (AvgIpc) is 3.24. The molecule has 0 radical (unpaired) electrons. The number of fused-ring (bicyclic) bond motifs is 3. The van der Waals surface area contributed by atoms with Gasteiger partial charge in [0, 0.05) is 6.04 Å². The van der Waals surface area contributed by atoms with Gasteiger partial charge in [0.1, 0.15) is 0 Å². The molecule has 0 saturated heterocycles. The van der Waals surface area contributed by atoms with Crippen LogP contribution in [0.5, 0.6) is 0 Å². The number of nitrogens with zero attached hydrogens (tertiary/aromatic N) is 4. The van der Waals surface area contributed by atoms with Crippen molar-refractivity contribution in [1.29, 1.82) is 0 Å². The maximum Gasteiger partial charge on any atom is 0.267 e. The number of hydrogen-bond acceptors (Lipinski definition) is 5. The predicted octanol–water partition coefficient (Wildman–Crippen LogP) is 4.13. The van der Waals surface area contributed by atoms with Gasteiger partial charge in [-0.1, -0.05) is 61.9 Å². The van der Waals surface area contributed by atoms with Crippen molar-refractivity contribution in [1.82, 2.24) is 24.5 Å². The Morgan fingerprint density at radius 1 is 1.09 bits per heavy atom. The first-order valence-electron chi connectivity index (χ1n) is 11.4. The Morgan fingerprint density at radius 3 is 2.67 bits per heavy atom. The third-order valence-electron chi connectivity index (χ3n) is 6.54. The van der Waals surface area contributed by atoms with Crippen LogP contribution in [-0.2, 0) is 4.79 Å². The fraction of sp³-hybridized carbons (Fsp3) is 0.360. The molecule has 4 aromatic rings. The van der Waals surface area contributed by atoms with E-state index in [9.17, 15) is 9.59 Å². The second-order valence-electron chi connectivity index (χ2n) is 8.79. The smallest absolute Gasteiger partial charge is 0.267 e. The molecule has 1 saturated carbocycles. The van der Waals surface area contributed by atoms with Gasteiger partial charge in [0.25, 0.3) is 5.56 Å². The van der Waals surface area contributed by atoms with Gasteiger partial charge in [-0.15, -0.1) is 10.2 Å². The van der Waals surface area contributed by atoms with Gasteiger partial charge in [0.2, 0.25) is 11.7 Å². The highest BCUT2D eigenvalue weighted by atomic mass is 32.2. The summed E-state index contributed by atoms with van der Waals surface area (Å²) in [5.74, 6) is 1.21. The van der Waals surface area contributed by atoms with E-state index in [0.717, 1.165) is 29.6 Å². The predicted molar refractivity (Wildman–Crippen MR) is 131 cm³/mol. The first kappa shape index (κ1) is 21.7. The number of carbonyl (C=O) groups excluding carboxylic acids is 1. The topological polar surface area (TPSA) is 81.3 Å². The lowest BCUT2D eigenvalue weighted by atomic mass is 9.86. The Labute approximate surface area is 196 Å². The second-order valence-corrected chi connectivity index (χ2v) is 9.73. The fourth-order valence-corrected chi connectivity index (χ4v) is 5.46. The van der Waals surface area contributed by atoms with E-state index >= 15 is 0 Å². The van der Waals surface area contributed by atoms with Crippen LogP contribution in [-0.4, -0.2) is 36.9 Å². The van der Waals surface area contributed by atoms with Gasteiger partial charge in [0.15, 0.2) is 5.16 Å². The van der Waals surface area contributed by atoms with Crippen LogP contribution in [0.3, 0.4) is 0 Å². The molecule has 170 valence electrons. The minimum absolute atomic E-state index is 0.00651. The van der Waals surface area contributed by atoms with Gasteiger partial charge < -0.3 is 5.32 Å². The molecule has 2 aromatic heterocycles. The molecule has 0 aliphatic heterocycles. The van der Waals surface area contributed by atoms with Crippen molar-refractivity contribution in [2.75, 3.05) is 5.75 Å². The van der Waals surface area contributed by atoms with Crippen LogP contribution in [0.4, 0.5) is 0 Å². The monoisotopic (exact) mass is 461 g/mol. The van der Waals surface area contributed by atoms with Crippen LogP contribution in [0.1, 0.15) is 38.2 Å². The Balaban J connectivity index is 1.53. The van der Waals surface area contributed by atoms with Crippen molar-refractivity contribution in [3.05, 3.63) is 64.4 Å². The van der Waals surface area contributed by atoms with Gasteiger partial charge in [-0.3, -0.25) is 14.0 Å². The van der Waals surface area contributed by atoms with Crippen LogP contribution in [0.25, 0.3) is 22.4 Å². The third-order valence-corrected chi connectivity index (χ3v) is 7.47. The zero-order valence-electron chi connectivity index (χ0n) is 18.8. The summed E-state index contributed by atoms with van der Waals surface area (Å²) in [6, 6.07) is 15.4. The number of rotatable bonds is 5. The molecular formula is C25H27N5O2S. The molecule has 33 heavy (non-hydrogen) atoms. The highest BCUT2D eigenvalue weighted by molar-refractivity contribution is 7.99. The summed E-state index contributed by atoms with van der Waals surface area (Å²) in [6.07, 6.45) is 4.61. The largest absolute Gasteiger partial charge is 0.352 e. The molecule has 2 atom stereocenters. The Morgan fingerprint density at radius 2 is 1.85 bits per heavy atom. The van der Waals surface area contributed by atoms with Crippen molar-refractivity contribution < 1.29 is 4.79 Å². The summed E-state index contributed by atoms with van der Waals surface area (Å²) in [4.78, 5) is 26.1. The number of benzene rings is 2. The van der Waals surface area contributed by atoms with Crippen LogP contribution in [0.15, 0.2) is 58.5 Å². The summed E-state index contributed by atoms with van der Waals surface area (Å²) < 4.78 is 3.49. The summed E-state index contributed by atoms with van der Waals surface area (Å²) in [7, 11) is 0. The quantitative estimate of drug-likeness (QED) is 0.452. The summed E-state index contributed by atoms with van der Waals surface area (Å²) in [5, 5.41) is 13.1. The molecule has 0 spiro atoms. The van der Waals surface area contributed by atoms with Crippen molar-refractivity contribution in [3.8, 4) is 5.69 Å². The summed E-state index contributed by atoms with van der Waals surface area (Å²) >= 11 is 1.35. The number of aromatic nitrogens is 4. The SMILES string of the molecule is Cc1ccccc1-n1c(=O)c2ccccc2n2c(SCC(=O)NC3CCCCC3C)nnc12. The second kappa shape index (κ2) is 9.02. The molecule has 1 aliphatic carbocycles. The molecule has 0 bridgehead atoms.